The topological polar surface area (TPSA) is 37.3 Å². The monoisotopic (exact) mass is 326 g/mol. The Morgan fingerprint density at radius 3 is 2.75 bits per heavy atom. The predicted molar refractivity (Wildman–Crippen MR) is 96.5 cm³/mol. The molecule has 3 saturated carbocycles. The van der Waals surface area contributed by atoms with Crippen LogP contribution in [0.4, 0.5) is 0 Å². The number of fused-ring (bicyclic) bond motifs is 5. The van der Waals surface area contributed by atoms with E-state index in [9.17, 15) is 9.90 Å². The van der Waals surface area contributed by atoms with Crippen LogP contribution in [-0.4, -0.2) is 10.9 Å². The number of hydrogen-bond acceptors (Lipinski definition) is 2. The second-order valence-corrected chi connectivity index (χ2v) is 9.15. The van der Waals surface area contributed by atoms with Crippen molar-refractivity contribution in [3.63, 3.8) is 0 Å². The van der Waals surface area contributed by atoms with Gasteiger partial charge in [-0.15, -0.1) is 0 Å². The van der Waals surface area contributed by atoms with Crippen molar-refractivity contribution in [3.8, 4) is 0 Å². The molecule has 0 aromatic heterocycles. The van der Waals surface area contributed by atoms with E-state index >= 15 is 0 Å². The van der Waals surface area contributed by atoms with Gasteiger partial charge in [-0.05, 0) is 92.3 Å². The smallest absolute Gasteiger partial charge is 0.178 e. The molecule has 3 fully saturated rings. The molecule has 2 heteroatoms. The van der Waals surface area contributed by atoms with Crippen LogP contribution < -0.4 is 0 Å². The van der Waals surface area contributed by atoms with E-state index in [2.05, 4.69) is 26.8 Å². The molecular formula is C22H30O2. The first kappa shape index (κ1) is 16.2. The van der Waals surface area contributed by atoms with Crippen molar-refractivity contribution >= 4 is 5.78 Å². The van der Waals surface area contributed by atoms with Crippen LogP contribution in [0.2, 0.25) is 0 Å². The Hall–Kier alpha value is -1.31. The minimum atomic E-state index is 0.0953. The Morgan fingerprint density at radius 1 is 1.21 bits per heavy atom. The van der Waals surface area contributed by atoms with Crippen LogP contribution in [-0.2, 0) is 4.79 Å². The average Bonchev–Trinajstić information content (AvgIpc) is 2.92. The van der Waals surface area contributed by atoms with Gasteiger partial charge in [-0.3, -0.25) is 4.79 Å². The molecule has 4 aliphatic carbocycles. The lowest BCUT2D eigenvalue weighted by atomic mass is 9.47. The number of aliphatic hydroxyl groups excluding tert-OH is 1. The molecule has 0 aromatic carbocycles. The van der Waals surface area contributed by atoms with E-state index < -0.39 is 0 Å². The minimum Gasteiger partial charge on any atom is -0.516 e. The summed E-state index contributed by atoms with van der Waals surface area (Å²) in [5, 5.41) is 9.54. The third-order valence-electron chi connectivity index (χ3n) is 8.31. The van der Waals surface area contributed by atoms with Crippen LogP contribution in [0.15, 0.2) is 35.6 Å². The van der Waals surface area contributed by atoms with Crippen molar-refractivity contribution in [1.29, 1.82) is 0 Å². The molecule has 0 heterocycles. The van der Waals surface area contributed by atoms with Gasteiger partial charge in [0.15, 0.2) is 5.78 Å². The highest BCUT2D eigenvalue weighted by molar-refractivity contribution is 6.01. The summed E-state index contributed by atoms with van der Waals surface area (Å²) in [5.41, 5.74) is 2.99. The normalized spacial score (nSPS) is 47.7. The van der Waals surface area contributed by atoms with Gasteiger partial charge in [0.05, 0.1) is 6.26 Å². The molecule has 0 bridgehead atoms. The highest BCUT2D eigenvalue weighted by atomic mass is 16.2. The van der Waals surface area contributed by atoms with Gasteiger partial charge in [0.1, 0.15) is 0 Å². The summed E-state index contributed by atoms with van der Waals surface area (Å²) in [5.74, 6) is 2.92. The Bertz CT molecular complexity index is 655. The van der Waals surface area contributed by atoms with E-state index in [1.165, 1.54) is 49.5 Å². The first-order valence-corrected chi connectivity index (χ1v) is 9.65. The summed E-state index contributed by atoms with van der Waals surface area (Å²) in [6.07, 6.45) is 14.6. The number of ketones is 1. The number of carbonyl (C=O) groups excluding carboxylic acids is 1. The summed E-state index contributed by atoms with van der Waals surface area (Å²) >= 11 is 0. The number of allylic oxidation sites excluding steroid dienone is 5. The fraction of sp³-hybridized carbons (Fsp3) is 0.682. The van der Waals surface area contributed by atoms with Crippen molar-refractivity contribution in [3.05, 3.63) is 35.6 Å². The minimum absolute atomic E-state index is 0.0953. The molecule has 0 amide bonds. The van der Waals surface area contributed by atoms with Crippen molar-refractivity contribution in [1.82, 2.24) is 0 Å². The second kappa shape index (κ2) is 5.34. The number of carbonyl (C=O) groups is 1. The molecule has 6 atom stereocenters. The molecule has 1 N–H and O–H groups in total. The van der Waals surface area contributed by atoms with E-state index in [1.54, 1.807) is 6.08 Å². The van der Waals surface area contributed by atoms with Gasteiger partial charge >= 0.3 is 0 Å². The van der Waals surface area contributed by atoms with Gasteiger partial charge in [-0.1, -0.05) is 25.5 Å². The number of rotatable bonds is 1. The lowest BCUT2D eigenvalue weighted by Gasteiger charge is -2.57. The molecule has 0 aromatic rings. The van der Waals surface area contributed by atoms with Crippen molar-refractivity contribution in [2.75, 3.05) is 0 Å². The first-order chi connectivity index (χ1) is 11.4. The van der Waals surface area contributed by atoms with Gasteiger partial charge in [0, 0.05) is 5.41 Å². The van der Waals surface area contributed by atoms with Crippen molar-refractivity contribution in [2.24, 2.45) is 34.5 Å². The second-order valence-electron chi connectivity index (χ2n) is 9.15. The molecule has 130 valence electrons. The first-order valence-electron chi connectivity index (χ1n) is 9.65. The Kier molecular flexibility index (Phi) is 3.60. The van der Waals surface area contributed by atoms with Crippen LogP contribution in [0.3, 0.4) is 0 Å². The third kappa shape index (κ3) is 2.04. The van der Waals surface area contributed by atoms with Crippen molar-refractivity contribution < 1.29 is 9.90 Å². The van der Waals surface area contributed by atoms with Crippen molar-refractivity contribution in [2.45, 2.75) is 59.3 Å². The SMILES string of the molecule is CC(=CO)[C@H]1CC[C@H]2[C@@H]3CCC4=CC(=O)C=C[C@]4(C)[C@H]3CC[C@]12C. The molecule has 2 nitrogen and oxygen atoms in total. The maximum atomic E-state index is 11.8. The zero-order valence-corrected chi connectivity index (χ0v) is 15.2. The largest absolute Gasteiger partial charge is 0.516 e. The van der Waals surface area contributed by atoms with Crippen LogP contribution in [0.25, 0.3) is 0 Å². The molecular weight excluding hydrogens is 296 g/mol. The zero-order chi connectivity index (χ0) is 17.1. The molecule has 0 spiro atoms. The maximum Gasteiger partial charge on any atom is 0.178 e. The Morgan fingerprint density at radius 2 is 2.00 bits per heavy atom. The summed E-state index contributed by atoms with van der Waals surface area (Å²) in [4.78, 5) is 11.8. The Balaban J connectivity index is 1.67. The highest BCUT2D eigenvalue weighted by Crippen LogP contribution is 2.66. The molecule has 24 heavy (non-hydrogen) atoms. The van der Waals surface area contributed by atoms with Crippen LogP contribution in [0.5, 0.6) is 0 Å². The van der Waals surface area contributed by atoms with E-state index in [0.29, 0.717) is 17.3 Å². The predicted octanol–water partition coefficient (Wildman–Crippen LogP) is 5.37. The van der Waals surface area contributed by atoms with E-state index in [0.717, 1.165) is 18.3 Å². The molecule has 0 radical (unpaired) electrons. The third-order valence-corrected chi connectivity index (χ3v) is 8.31. The lowest BCUT2D eigenvalue weighted by molar-refractivity contribution is -0.111. The zero-order valence-electron chi connectivity index (χ0n) is 15.2. The van der Waals surface area contributed by atoms with Crippen LogP contribution in [0.1, 0.15) is 59.3 Å². The number of hydrogen-bond donors (Lipinski definition) is 1. The van der Waals surface area contributed by atoms with E-state index in [4.69, 9.17) is 0 Å². The standard InChI is InChI=1S/C22H30O2/c1-14(13-23)18-6-7-19-17-5-4-15-12-16(24)8-10-21(15,2)20(17)9-11-22(18,19)3/h8,10,12-13,17-20,23H,4-7,9,11H2,1-3H3/t17-,18+,19-,20-,21-,22+/m0/s1. The van der Waals surface area contributed by atoms with Gasteiger partial charge in [0.2, 0.25) is 0 Å². The fourth-order valence-electron chi connectivity index (χ4n) is 7.04. The lowest BCUT2D eigenvalue weighted by Crippen LogP contribution is -2.49. The summed E-state index contributed by atoms with van der Waals surface area (Å²) in [7, 11) is 0. The molecule has 4 aliphatic rings. The quantitative estimate of drug-likeness (QED) is 0.658. The summed E-state index contributed by atoms with van der Waals surface area (Å²) in [6, 6.07) is 0. The molecule has 4 rings (SSSR count). The van der Waals surface area contributed by atoms with E-state index in [1.807, 2.05) is 6.08 Å². The molecule has 0 saturated heterocycles. The Labute approximate surface area is 145 Å². The summed E-state index contributed by atoms with van der Waals surface area (Å²) < 4.78 is 0. The maximum absolute atomic E-state index is 11.8. The van der Waals surface area contributed by atoms with Crippen LogP contribution in [0, 0.1) is 34.5 Å². The highest BCUT2D eigenvalue weighted by Gasteiger charge is 2.58. The van der Waals surface area contributed by atoms with Gasteiger partial charge in [-0.2, -0.15) is 0 Å². The van der Waals surface area contributed by atoms with E-state index in [-0.39, 0.29) is 11.2 Å². The van der Waals surface area contributed by atoms with Crippen LogP contribution >= 0.6 is 0 Å². The van der Waals surface area contributed by atoms with Gasteiger partial charge in [0.25, 0.3) is 0 Å². The summed E-state index contributed by atoms with van der Waals surface area (Å²) in [6.45, 7) is 6.95. The number of aliphatic hydroxyl groups is 1. The fourth-order valence-corrected chi connectivity index (χ4v) is 7.04. The van der Waals surface area contributed by atoms with Gasteiger partial charge < -0.3 is 5.11 Å². The van der Waals surface area contributed by atoms with Gasteiger partial charge in [-0.25, -0.2) is 0 Å². The average molecular weight is 326 g/mol. The molecule has 0 unspecified atom stereocenters. The molecule has 0 aliphatic heterocycles.